The lowest BCUT2D eigenvalue weighted by Crippen LogP contribution is -2.45. The van der Waals surface area contributed by atoms with Gasteiger partial charge in [-0.25, -0.2) is 0 Å². The third-order valence-corrected chi connectivity index (χ3v) is 14.9. The van der Waals surface area contributed by atoms with Gasteiger partial charge in [0.25, 0.3) is 0 Å². The molecule has 0 heterocycles. The highest BCUT2D eigenvalue weighted by molar-refractivity contribution is 5.76. The Bertz CT molecular complexity index is 975. The highest BCUT2D eigenvalue weighted by atomic mass is 16.5. The third-order valence-electron chi connectivity index (χ3n) is 14.9. The van der Waals surface area contributed by atoms with Crippen molar-refractivity contribution in [3.63, 3.8) is 0 Å². The van der Waals surface area contributed by atoms with Crippen molar-refractivity contribution >= 4 is 11.9 Å². The lowest BCUT2D eigenvalue weighted by molar-refractivity contribution is -0.143. The van der Waals surface area contributed by atoms with Crippen molar-refractivity contribution in [2.24, 2.45) is 0 Å². The van der Waals surface area contributed by atoms with Gasteiger partial charge in [0.15, 0.2) is 0 Å². The number of unbranched alkanes of at least 4 members (excludes halogenated alkanes) is 48. The summed E-state index contributed by atoms with van der Waals surface area (Å²) >= 11 is 0. The molecule has 6 nitrogen and oxygen atoms in total. The summed E-state index contributed by atoms with van der Waals surface area (Å²) in [5, 5.41) is 23.3. The van der Waals surface area contributed by atoms with E-state index in [9.17, 15) is 19.8 Å². The molecule has 0 aromatic rings. The second-order valence-electron chi connectivity index (χ2n) is 21.8. The first-order valence-electron chi connectivity index (χ1n) is 31.3. The Balaban J connectivity index is 3.37. The number of ether oxygens (including phenoxy) is 1. The third kappa shape index (κ3) is 54.2. The zero-order chi connectivity index (χ0) is 49.3. The van der Waals surface area contributed by atoms with Crippen molar-refractivity contribution in [2.75, 3.05) is 13.2 Å². The molecule has 406 valence electrons. The fourth-order valence-electron chi connectivity index (χ4n) is 10.1. The Kier molecular flexibility index (Phi) is 57.5. The molecule has 0 aromatic heterocycles. The van der Waals surface area contributed by atoms with Crippen LogP contribution >= 0.6 is 0 Å². The molecule has 0 rings (SSSR count). The number of esters is 1. The minimum absolute atomic E-state index is 0.0147. The first-order valence-corrected chi connectivity index (χ1v) is 31.3. The van der Waals surface area contributed by atoms with Crippen LogP contribution < -0.4 is 5.32 Å². The fourth-order valence-corrected chi connectivity index (χ4v) is 10.1. The topological polar surface area (TPSA) is 95.9 Å². The molecule has 0 saturated heterocycles. The van der Waals surface area contributed by atoms with Gasteiger partial charge in [-0.05, 0) is 25.7 Å². The van der Waals surface area contributed by atoms with Crippen molar-refractivity contribution in [2.45, 2.75) is 373 Å². The van der Waals surface area contributed by atoms with Gasteiger partial charge in [0, 0.05) is 12.8 Å². The second-order valence-corrected chi connectivity index (χ2v) is 21.8. The van der Waals surface area contributed by atoms with E-state index in [1.165, 1.54) is 289 Å². The molecule has 0 bridgehead atoms. The van der Waals surface area contributed by atoms with Crippen LogP contribution in [0.4, 0.5) is 0 Å². The molecule has 0 aliphatic carbocycles. The summed E-state index contributed by atoms with van der Waals surface area (Å²) in [6, 6.07) is -0.541. The number of aliphatic hydroxyl groups is 2. The molecular formula is C62H123NO5. The molecule has 0 aromatic carbocycles. The van der Waals surface area contributed by atoms with Crippen molar-refractivity contribution in [1.29, 1.82) is 0 Å². The molecule has 6 heteroatoms. The molecule has 0 saturated carbocycles. The van der Waals surface area contributed by atoms with Gasteiger partial charge in [-0.3, -0.25) is 9.59 Å². The second kappa shape index (κ2) is 58.4. The van der Waals surface area contributed by atoms with Gasteiger partial charge in [-0.1, -0.05) is 322 Å². The predicted octanol–water partition coefficient (Wildman–Crippen LogP) is 19.5. The Labute approximate surface area is 426 Å². The Morgan fingerprint density at radius 3 is 0.897 bits per heavy atom. The van der Waals surface area contributed by atoms with E-state index in [4.69, 9.17) is 4.74 Å². The maximum absolute atomic E-state index is 12.5. The fraction of sp³-hybridized carbons (Fsp3) is 0.968. The number of rotatable bonds is 59. The van der Waals surface area contributed by atoms with Crippen LogP contribution in [-0.2, 0) is 14.3 Å². The highest BCUT2D eigenvalue weighted by Gasteiger charge is 2.20. The molecule has 0 radical (unpaired) electrons. The van der Waals surface area contributed by atoms with Gasteiger partial charge < -0.3 is 20.3 Å². The standard InChI is InChI=1S/C62H123NO5/c1-3-5-7-9-11-13-15-17-19-27-30-34-38-42-46-50-54-60(65)59(58-64)63-61(66)55-51-47-43-39-35-31-28-24-22-20-21-23-25-29-33-37-41-45-49-53-57-68-62(67)56-52-48-44-40-36-32-26-18-16-14-12-10-8-6-4-2/h59-60,64-65H,3-58H2,1-2H3,(H,63,66). The number of hydrogen-bond donors (Lipinski definition) is 3. The average molecular weight is 963 g/mol. The van der Waals surface area contributed by atoms with Gasteiger partial charge in [0.05, 0.1) is 25.4 Å². The molecule has 3 N–H and O–H groups in total. The number of aliphatic hydroxyl groups excluding tert-OH is 2. The highest BCUT2D eigenvalue weighted by Crippen LogP contribution is 2.19. The minimum Gasteiger partial charge on any atom is -0.466 e. The summed E-state index contributed by atoms with van der Waals surface area (Å²) in [7, 11) is 0. The molecule has 0 spiro atoms. The predicted molar refractivity (Wildman–Crippen MR) is 297 cm³/mol. The Morgan fingerprint density at radius 2 is 0.603 bits per heavy atom. The van der Waals surface area contributed by atoms with Gasteiger partial charge >= 0.3 is 5.97 Å². The van der Waals surface area contributed by atoms with Gasteiger partial charge in [-0.2, -0.15) is 0 Å². The minimum atomic E-state index is -0.664. The zero-order valence-electron chi connectivity index (χ0n) is 46.4. The van der Waals surface area contributed by atoms with Crippen LogP contribution in [0.5, 0.6) is 0 Å². The smallest absolute Gasteiger partial charge is 0.305 e. The summed E-state index contributed by atoms with van der Waals surface area (Å²) in [6.45, 7) is 4.99. The molecular weight excluding hydrogens is 839 g/mol. The van der Waals surface area contributed by atoms with E-state index in [1.807, 2.05) is 0 Å². The first kappa shape index (κ1) is 66.9. The number of nitrogens with one attached hydrogen (secondary N) is 1. The lowest BCUT2D eigenvalue weighted by atomic mass is 10.0. The average Bonchev–Trinajstić information content (AvgIpc) is 3.34. The van der Waals surface area contributed by atoms with E-state index < -0.39 is 12.1 Å². The lowest BCUT2D eigenvalue weighted by Gasteiger charge is -2.22. The quantitative estimate of drug-likeness (QED) is 0.0417. The van der Waals surface area contributed by atoms with Crippen molar-refractivity contribution in [3.8, 4) is 0 Å². The van der Waals surface area contributed by atoms with E-state index in [1.54, 1.807) is 0 Å². The monoisotopic (exact) mass is 962 g/mol. The van der Waals surface area contributed by atoms with E-state index >= 15 is 0 Å². The Morgan fingerprint density at radius 1 is 0.353 bits per heavy atom. The summed E-state index contributed by atoms with van der Waals surface area (Å²) < 4.78 is 5.49. The van der Waals surface area contributed by atoms with Crippen LogP contribution in [0, 0.1) is 0 Å². The van der Waals surface area contributed by atoms with Crippen molar-refractivity contribution < 1.29 is 24.5 Å². The van der Waals surface area contributed by atoms with Crippen LogP contribution in [-0.4, -0.2) is 47.4 Å². The van der Waals surface area contributed by atoms with Gasteiger partial charge in [0.2, 0.25) is 5.91 Å². The number of carbonyl (C=O) groups excluding carboxylic acids is 2. The summed E-state index contributed by atoms with van der Waals surface area (Å²) in [5.74, 6) is -0.0186. The van der Waals surface area contributed by atoms with Crippen molar-refractivity contribution in [3.05, 3.63) is 0 Å². The molecule has 0 fully saturated rings. The Hall–Kier alpha value is -1.14. The number of carbonyl (C=O) groups is 2. The summed E-state index contributed by atoms with van der Waals surface area (Å²) in [4.78, 5) is 24.6. The maximum Gasteiger partial charge on any atom is 0.305 e. The largest absolute Gasteiger partial charge is 0.466 e. The first-order chi connectivity index (χ1) is 33.5. The maximum atomic E-state index is 12.5. The molecule has 0 aliphatic heterocycles. The number of hydrogen-bond acceptors (Lipinski definition) is 5. The van der Waals surface area contributed by atoms with Crippen LogP contribution in [0.15, 0.2) is 0 Å². The van der Waals surface area contributed by atoms with Crippen LogP contribution in [0.3, 0.4) is 0 Å². The molecule has 2 atom stereocenters. The van der Waals surface area contributed by atoms with E-state index in [-0.39, 0.29) is 18.5 Å². The van der Waals surface area contributed by atoms with Gasteiger partial charge in [0.1, 0.15) is 0 Å². The van der Waals surface area contributed by atoms with E-state index in [2.05, 4.69) is 19.2 Å². The molecule has 2 unspecified atom stereocenters. The van der Waals surface area contributed by atoms with Crippen LogP contribution in [0.25, 0.3) is 0 Å². The van der Waals surface area contributed by atoms with Crippen molar-refractivity contribution in [1.82, 2.24) is 5.32 Å². The zero-order valence-corrected chi connectivity index (χ0v) is 46.4. The van der Waals surface area contributed by atoms with Crippen LogP contribution in [0.2, 0.25) is 0 Å². The molecule has 68 heavy (non-hydrogen) atoms. The SMILES string of the molecule is CCCCCCCCCCCCCCCCCCC(O)C(CO)NC(=O)CCCCCCCCCCCCCCCCCCCCCCOC(=O)CCCCCCCCCCCCCCCCC. The summed E-state index contributed by atoms with van der Waals surface area (Å²) in [6.07, 6.45) is 68.2. The normalized spacial score (nSPS) is 12.5. The number of amides is 1. The molecule has 0 aliphatic rings. The summed E-state index contributed by atoms with van der Waals surface area (Å²) in [5.41, 5.74) is 0. The van der Waals surface area contributed by atoms with E-state index in [0.29, 0.717) is 25.9 Å². The van der Waals surface area contributed by atoms with Crippen LogP contribution in [0.1, 0.15) is 361 Å². The molecule has 1 amide bonds. The van der Waals surface area contributed by atoms with E-state index in [0.717, 1.165) is 38.5 Å². The van der Waals surface area contributed by atoms with Gasteiger partial charge in [-0.15, -0.1) is 0 Å².